The van der Waals surface area contributed by atoms with E-state index in [0.29, 0.717) is 0 Å². The van der Waals surface area contributed by atoms with Gasteiger partial charge in [0.1, 0.15) is 0 Å². The van der Waals surface area contributed by atoms with Crippen LogP contribution in [0.3, 0.4) is 0 Å². The number of rotatable bonds is 0. The number of hydrogen-bond donors (Lipinski definition) is 8. The SMILES string of the molecule is N.N.N.O=C(O)C(=O)O.O=P(O)(O)O.[LiH]. The molecule has 0 bridgehead atoms. The summed E-state index contributed by atoms with van der Waals surface area (Å²) in [5.41, 5.74) is 0. The summed E-state index contributed by atoms with van der Waals surface area (Å²) in [6.45, 7) is 0. The normalized spacial score (nSPS) is 6.87. The van der Waals surface area contributed by atoms with E-state index < -0.39 is 19.8 Å². The van der Waals surface area contributed by atoms with Crippen molar-refractivity contribution in [2.24, 2.45) is 0 Å². The van der Waals surface area contributed by atoms with Crippen molar-refractivity contribution in [3.63, 3.8) is 0 Å². The minimum absolute atomic E-state index is 0. The number of hydrogen-bond acceptors (Lipinski definition) is 6. The van der Waals surface area contributed by atoms with E-state index in [2.05, 4.69) is 0 Å². The molecule has 0 aromatic rings. The molecule has 0 amide bonds. The monoisotopic (exact) mass is 247 g/mol. The Hall–Kier alpha value is -0.473. The molecule has 0 aromatic heterocycles. The molecule has 0 atom stereocenters. The number of phosphoric acid groups is 1. The summed E-state index contributed by atoms with van der Waals surface area (Å²) in [5, 5.41) is 14.8. The summed E-state index contributed by atoms with van der Waals surface area (Å²) in [7, 11) is -4.64. The Balaban J connectivity index is -0.0000000215. The molecule has 0 saturated heterocycles. The molecule has 0 aliphatic rings. The number of carbonyl (C=O) groups is 2. The van der Waals surface area contributed by atoms with Gasteiger partial charge in [-0.3, -0.25) is 0 Å². The summed E-state index contributed by atoms with van der Waals surface area (Å²) < 4.78 is 8.88. The summed E-state index contributed by atoms with van der Waals surface area (Å²) in [6.07, 6.45) is 0. The zero-order valence-electron chi connectivity index (χ0n) is 7.03. The van der Waals surface area contributed by atoms with Crippen molar-refractivity contribution in [2.75, 3.05) is 0 Å². The van der Waals surface area contributed by atoms with Crippen LogP contribution in [0.5, 0.6) is 0 Å². The van der Waals surface area contributed by atoms with Gasteiger partial charge in [-0.15, -0.1) is 0 Å². The number of aliphatic carboxylic acids is 2. The van der Waals surface area contributed by atoms with Crippen LogP contribution in [0.15, 0.2) is 0 Å². The van der Waals surface area contributed by atoms with Crippen molar-refractivity contribution in [3.8, 4) is 0 Å². The fourth-order valence-electron chi connectivity index (χ4n) is 0. The van der Waals surface area contributed by atoms with Crippen LogP contribution in [0, 0.1) is 0 Å². The first kappa shape index (κ1) is 36.6. The molecule has 15 heavy (non-hydrogen) atoms. The standard InChI is InChI=1S/C2H2O4.Li.3H3N.H3O4P.H/c3-1(4)2(5)6;;;;;1-5(2,3)4;/h(H,3,4)(H,5,6);;3*1H3;(H3,1,2,3,4);. The molecule has 92 valence electrons. The molecule has 0 heterocycles. The topological polar surface area (TPSA) is 257 Å². The molecule has 0 fully saturated rings. The van der Waals surface area contributed by atoms with Crippen LogP contribution in [0.2, 0.25) is 0 Å². The summed E-state index contributed by atoms with van der Waals surface area (Å²) in [4.78, 5) is 39.8. The zero-order valence-corrected chi connectivity index (χ0v) is 7.92. The van der Waals surface area contributed by atoms with Crippen LogP contribution in [0.25, 0.3) is 0 Å². The van der Waals surface area contributed by atoms with E-state index in [1.807, 2.05) is 0 Å². The van der Waals surface area contributed by atoms with Crippen LogP contribution in [0.1, 0.15) is 0 Å². The number of carboxylic acids is 2. The molecule has 0 aliphatic heterocycles. The van der Waals surface area contributed by atoms with Gasteiger partial charge in [0.25, 0.3) is 0 Å². The first-order valence-corrected chi connectivity index (χ1v) is 3.45. The van der Waals surface area contributed by atoms with Crippen LogP contribution in [-0.2, 0) is 14.2 Å². The van der Waals surface area contributed by atoms with E-state index >= 15 is 0 Å². The predicted molar refractivity (Wildman–Crippen MR) is 51.7 cm³/mol. The van der Waals surface area contributed by atoms with Crippen LogP contribution >= 0.6 is 7.82 Å². The van der Waals surface area contributed by atoms with E-state index in [1.165, 1.54) is 0 Å². The molecule has 0 radical (unpaired) electrons. The van der Waals surface area contributed by atoms with Gasteiger partial charge in [-0.1, -0.05) is 0 Å². The second kappa shape index (κ2) is 16.0. The molecule has 0 aromatic carbocycles. The van der Waals surface area contributed by atoms with Crippen molar-refractivity contribution in [1.29, 1.82) is 0 Å². The van der Waals surface area contributed by atoms with Gasteiger partial charge in [0, 0.05) is 0 Å². The molecule has 0 rings (SSSR count). The quantitative estimate of drug-likeness (QED) is 0.132. The van der Waals surface area contributed by atoms with Gasteiger partial charge in [0.2, 0.25) is 0 Å². The van der Waals surface area contributed by atoms with Gasteiger partial charge >= 0.3 is 38.6 Å². The van der Waals surface area contributed by atoms with Crippen LogP contribution < -0.4 is 18.5 Å². The summed E-state index contributed by atoms with van der Waals surface area (Å²) >= 11 is 0. The molecule has 0 unspecified atom stereocenters. The van der Waals surface area contributed by atoms with E-state index in [9.17, 15) is 0 Å². The van der Waals surface area contributed by atoms with Gasteiger partial charge < -0.3 is 43.3 Å². The second-order valence-electron chi connectivity index (χ2n) is 1.12. The Bertz CT molecular complexity index is 184. The second-order valence-corrected chi connectivity index (χ2v) is 2.15. The van der Waals surface area contributed by atoms with Crippen LogP contribution in [0.4, 0.5) is 0 Å². The van der Waals surface area contributed by atoms with E-state index in [-0.39, 0.29) is 37.3 Å². The average molecular weight is 247 g/mol. The van der Waals surface area contributed by atoms with Gasteiger partial charge in [-0.25, -0.2) is 14.2 Å². The first-order valence-electron chi connectivity index (χ1n) is 1.89. The molecular formula is C2H15LiN3O8P. The van der Waals surface area contributed by atoms with Gasteiger partial charge in [0.15, 0.2) is 0 Å². The van der Waals surface area contributed by atoms with Crippen molar-refractivity contribution in [3.05, 3.63) is 0 Å². The van der Waals surface area contributed by atoms with E-state index in [4.69, 9.17) is 39.0 Å². The third-order valence-corrected chi connectivity index (χ3v) is 0.183. The molecule has 13 heteroatoms. The fraction of sp³-hybridized carbons (Fsp3) is 0. The Morgan fingerprint density at radius 1 is 0.800 bits per heavy atom. The van der Waals surface area contributed by atoms with Crippen molar-refractivity contribution < 1.29 is 39.0 Å². The maximum atomic E-state index is 9.10. The van der Waals surface area contributed by atoms with Crippen molar-refractivity contribution >= 4 is 38.6 Å². The zero-order chi connectivity index (χ0) is 9.65. The average Bonchev–Trinajstić information content (AvgIpc) is 1.59. The molecule has 14 N–H and O–H groups in total. The third-order valence-electron chi connectivity index (χ3n) is 0.183. The van der Waals surface area contributed by atoms with Gasteiger partial charge in [-0.2, -0.15) is 0 Å². The maximum absolute atomic E-state index is 9.10. The first-order chi connectivity index (χ1) is 4.64. The summed E-state index contributed by atoms with van der Waals surface area (Å²) in [5.74, 6) is -3.65. The predicted octanol–water partition coefficient (Wildman–Crippen LogP) is -1.94. The fourth-order valence-corrected chi connectivity index (χ4v) is 0. The molecule has 0 saturated carbocycles. The van der Waals surface area contributed by atoms with Gasteiger partial charge in [-0.05, 0) is 0 Å². The third kappa shape index (κ3) is 144. The Kier molecular flexibility index (Phi) is 38.9. The molecule has 11 nitrogen and oxygen atoms in total. The van der Waals surface area contributed by atoms with Crippen LogP contribution in [-0.4, -0.2) is 55.7 Å². The van der Waals surface area contributed by atoms with E-state index in [1.54, 1.807) is 0 Å². The minimum atomic E-state index is -4.64. The number of carboxylic acid groups (broad SMARTS) is 2. The van der Waals surface area contributed by atoms with Gasteiger partial charge in [0.05, 0.1) is 0 Å². The Morgan fingerprint density at radius 3 is 0.867 bits per heavy atom. The molecule has 0 aliphatic carbocycles. The Labute approximate surface area is 96.7 Å². The molecule has 0 spiro atoms. The van der Waals surface area contributed by atoms with E-state index in [0.717, 1.165) is 0 Å². The Morgan fingerprint density at radius 2 is 0.867 bits per heavy atom. The molecular weight excluding hydrogens is 232 g/mol. The van der Waals surface area contributed by atoms with Crippen molar-refractivity contribution in [2.45, 2.75) is 0 Å². The summed E-state index contributed by atoms with van der Waals surface area (Å²) in [6, 6.07) is 0. The van der Waals surface area contributed by atoms with Crippen molar-refractivity contribution in [1.82, 2.24) is 18.5 Å².